The van der Waals surface area contributed by atoms with E-state index in [0.717, 1.165) is 18.3 Å². The molecule has 0 spiro atoms. The number of carbonyl (C=O) groups is 1. The van der Waals surface area contributed by atoms with E-state index in [1.165, 1.54) is 0 Å². The van der Waals surface area contributed by atoms with Crippen LogP contribution in [-0.4, -0.2) is 18.0 Å². The third-order valence-electron chi connectivity index (χ3n) is 2.24. The van der Waals surface area contributed by atoms with Crippen LogP contribution in [0.3, 0.4) is 0 Å². The van der Waals surface area contributed by atoms with Crippen LogP contribution in [0.25, 0.3) is 0 Å². The molecule has 2 nitrogen and oxygen atoms in total. The van der Waals surface area contributed by atoms with Gasteiger partial charge in [0.1, 0.15) is 5.60 Å². The van der Waals surface area contributed by atoms with Gasteiger partial charge in [-0.25, -0.2) is 0 Å². The molecule has 0 radical (unpaired) electrons. The van der Waals surface area contributed by atoms with Crippen LogP contribution < -0.4 is 0 Å². The molecule has 1 heterocycles. The summed E-state index contributed by atoms with van der Waals surface area (Å²) in [6.45, 7) is 5.79. The molecule has 0 aromatic heterocycles. The van der Waals surface area contributed by atoms with Crippen molar-refractivity contribution < 1.29 is 9.53 Å². The van der Waals surface area contributed by atoms with E-state index in [0.29, 0.717) is 0 Å². The number of hydrogen-bond donors (Lipinski definition) is 0. The Hall–Kier alpha value is -0.630. The minimum atomic E-state index is -0.652. The first-order chi connectivity index (χ1) is 5.12. The van der Waals surface area contributed by atoms with Gasteiger partial charge >= 0.3 is 0 Å². The molecule has 0 amide bonds. The molecule has 0 N–H and O–H groups in total. The van der Waals surface area contributed by atoms with Gasteiger partial charge in [-0.1, -0.05) is 13.0 Å². The maximum atomic E-state index is 10.6. The Kier molecular flexibility index (Phi) is 2.14. The van der Waals surface area contributed by atoms with E-state index in [2.05, 4.69) is 0 Å². The molecule has 0 aliphatic carbocycles. The topological polar surface area (TPSA) is 26.3 Å². The van der Waals surface area contributed by atoms with Gasteiger partial charge in [-0.3, -0.25) is 4.79 Å². The minimum Gasteiger partial charge on any atom is -0.356 e. The second kappa shape index (κ2) is 2.78. The van der Waals surface area contributed by atoms with E-state index in [1.807, 2.05) is 26.8 Å². The molecular formula is C9H14O2. The third kappa shape index (κ3) is 1.36. The molecule has 62 valence electrons. The Bertz CT molecular complexity index is 196. The van der Waals surface area contributed by atoms with Crippen LogP contribution >= 0.6 is 0 Å². The predicted molar refractivity (Wildman–Crippen MR) is 43.4 cm³/mol. The second-order valence-corrected chi connectivity index (χ2v) is 3.14. The highest BCUT2D eigenvalue weighted by atomic mass is 16.5. The summed E-state index contributed by atoms with van der Waals surface area (Å²) < 4.78 is 5.50. The summed E-state index contributed by atoms with van der Waals surface area (Å²) in [5.74, 6) is 0. The van der Waals surface area contributed by atoms with Crippen molar-refractivity contribution in [3.63, 3.8) is 0 Å². The van der Waals surface area contributed by atoms with E-state index in [4.69, 9.17) is 4.74 Å². The monoisotopic (exact) mass is 154 g/mol. The highest BCUT2D eigenvalue weighted by Gasteiger charge is 2.34. The van der Waals surface area contributed by atoms with Gasteiger partial charge in [0.25, 0.3) is 0 Å². The molecule has 1 aliphatic rings. The van der Waals surface area contributed by atoms with Crippen LogP contribution in [0.15, 0.2) is 11.6 Å². The number of ether oxygens (including phenoxy) is 1. The summed E-state index contributed by atoms with van der Waals surface area (Å²) in [7, 11) is 0. The molecule has 2 unspecified atom stereocenters. The Morgan fingerprint density at radius 3 is 2.73 bits per heavy atom. The van der Waals surface area contributed by atoms with E-state index in [1.54, 1.807) is 0 Å². The molecule has 0 aromatic rings. The fourth-order valence-electron chi connectivity index (χ4n) is 1.21. The van der Waals surface area contributed by atoms with Crippen molar-refractivity contribution >= 4 is 6.29 Å². The van der Waals surface area contributed by atoms with Crippen molar-refractivity contribution in [3.8, 4) is 0 Å². The molecule has 2 heteroatoms. The van der Waals surface area contributed by atoms with Gasteiger partial charge in [-0.2, -0.15) is 0 Å². The van der Waals surface area contributed by atoms with Crippen LogP contribution in [0.1, 0.15) is 27.2 Å². The van der Waals surface area contributed by atoms with Crippen LogP contribution in [0.2, 0.25) is 0 Å². The highest BCUT2D eigenvalue weighted by molar-refractivity contribution is 5.68. The quantitative estimate of drug-likeness (QED) is 0.447. The Morgan fingerprint density at radius 1 is 1.82 bits per heavy atom. The smallest absolute Gasteiger partial charge is 0.155 e. The van der Waals surface area contributed by atoms with Crippen LogP contribution in [0.4, 0.5) is 0 Å². The normalized spacial score (nSPS) is 37.0. The van der Waals surface area contributed by atoms with E-state index in [9.17, 15) is 4.79 Å². The average molecular weight is 154 g/mol. The minimum absolute atomic E-state index is 0.130. The van der Waals surface area contributed by atoms with Crippen LogP contribution in [0.5, 0.6) is 0 Å². The number of hydrogen-bond acceptors (Lipinski definition) is 2. The van der Waals surface area contributed by atoms with E-state index in [-0.39, 0.29) is 6.10 Å². The van der Waals surface area contributed by atoms with Crippen molar-refractivity contribution in [2.24, 2.45) is 0 Å². The number of rotatable bonds is 2. The first-order valence-electron chi connectivity index (χ1n) is 3.95. The molecule has 0 saturated carbocycles. The molecule has 0 aromatic carbocycles. The summed E-state index contributed by atoms with van der Waals surface area (Å²) in [4.78, 5) is 10.6. The van der Waals surface area contributed by atoms with Gasteiger partial charge in [0, 0.05) is 0 Å². The zero-order valence-corrected chi connectivity index (χ0v) is 7.26. The van der Waals surface area contributed by atoms with Gasteiger partial charge in [0.05, 0.1) is 6.10 Å². The Balaban J connectivity index is 2.78. The lowest BCUT2D eigenvalue weighted by Gasteiger charge is -2.19. The predicted octanol–water partition coefficient (Wildman–Crippen LogP) is 1.70. The lowest BCUT2D eigenvalue weighted by molar-refractivity contribution is -0.125. The van der Waals surface area contributed by atoms with Crippen molar-refractivity contribution in [2.45, 2.75) is 38.9 Å². The van der Waals surface area contributed by atoms with Gasteiger partial charge in [-0.15, -0.1) is 0 Å². The summed E-state index contributed by atoms with van der Waals surface area (Å²) in [5, 5.41) is 0. The summed E-state index contributed by atoms with van der Waals surface area (Å²) >= 11 is 0. The first kappa shape index (κ1) is 8.47. The Morgan fingerprint density at radius 2 is 2.45 bits per heavy atom. The first-order valence-corrected chi connectivity index (χ1v) is 3.95. The second-order valence-electron chi connectivity index (χ2n) is 3.14. The maximum absolute atomic E-state index is 10.6. The molecular weight excluding hydrogens is 140 g/mol. The molecule has 2 atom stereocenters. The fraction of sp³-hybridized carbons (Fsp3) is 0.667. The lowest BCUT2D eigenvalue weighted by Crippen LogP contribution is -2.29. The van der Waals surface area contributed by atoms with Crippen LogP contribution in [-0.2, 0) is 9.53 Å². The van der Waals surface area contributed by atoms with Crippen molar-refractivity contribution in [1.82, 2.24) is 0 Å². The number of aldehydes is 1. The van der Waals surface area contributed by atoms with Gasteiger partial charge in [0.2, 0.25) is 0 Å². The van der Waals surface area contributed by atoms with Crippen molar-refractivity contribution in [3.05, 3.63) is 11.6 Å². The largest absolute Gasteiger partial charge is 0.356 e. The molecule has 0 fully saturated rings. The van der Waals surface area contributed by atoms with Gasteiger partial charge < -0.3 is 4.74 Å². The van der Waals surface area contributed by atoms with E-state index >= 15 is 0 Å². The molecule has 1 rings (SSSR count). The Labute approximate surface area is 67.2 Å². The average Bonchev–Trinajstić information content (AvgIpc) is 2.29. The zero-order valence-electron chi connectivity index (χ0n) is 7.26. The van der Waals surface area contributed by atoms with Crippen molar-refractivity contribution in [2.75, 3.05) is 0 Å². The molecule has 0 saturated heterocycles. The van der Waals surface area contributed by atoms with Crippen LogP contribution in [0, 0.1) is 0 Å². The van der Waals surface area contributed by atoms with Gasteiger partial charge in [-0.05, 0) is 25.8 Å². The fourth-order valence-corrected chi connectivity index (χ4v) is 1.21. The third-order valence-corrected chi connectivity index (χ3v) is 2.24. The summed E-state index contributed by atoms with van der Waals surface area (Å²) in [5.41, 5.74) is 0.375. The molecule has 11 heavy (non-hydrogen) atoms. The standard InChI is InChI=1S/C9H14O2/c1-4-8-5-7(2)9(3,6-10)11-8/h5-6,8H,4H2,1-3H3. The van der Waals surface area contributed by atoms with E-state index < -0.39 is 5.60 Å². The summed E-state index contributed by atoms with van der Waals surface area (Å²) in [6.07, 6.45) is 3.95. The number of carbonyl (C=O) groups excluding carboxylic acids is 1. The SMILES string of the molecule is CCC1C=C(C)C(C)(C=O)O1. The molecule has 1 aliphatic heterocycles. The van der Waals surface area contributed by atoms with Crippen molar-refractivity contribution in [1.29, 1.82) is 0 Å². The van der Waals surface area contributed by atoms with Gasteiger partial charge in [0.15, 0.2) is 6.29 Å². The summed E-state index contributed by atoms with van der Waals surface area (Å²) in [6, 6.07) is 0. The lowest BCUT2D eigenvalue weighted by atomic mass is 10.0. The maximum Gasteiger partial charge on any atom is 0.155 e. The highest BCUT2D eigenvalue weighted by Crippen LogP contribution is 2.29. The zero-order chi connectivity index (χ0) is 8.48. The molecule has 0 bridgehead atoms.